The molecule has 13 heteroatoms. The molecular weight excluding hydrogens is 505 g/mol. The molecule has 36 heavy (non-hydrogen) atoms. The van der Waals surface area contributed by atoms with Crippen molar-refractivity contribution >= 4 is 35.2 Å². The summed E-state index contributed by atoms with van der Waals surface area (Å²) in [6, 6.07) is 1.50. The largest absolute Gasteiger partial charge is 0.484 e. The summed E-state index contributed by atoms with van der Waals surface area (Å²) in [5.74, 6) is -5.73. The molecule has 0 aromatic heterocycles. The van der Waals surface area contributed by atoms with E-state index in [2.05, 4.69) is 10.7 Å². The molecule has 0 bridgehead atoms. The molecule has 3 aliphatic rings. The van der Waals surface area contributed by atoms with Crippen LogP contribution in [0.25, 0.3) is 0 Å². The molecule has 2 saturated heterocycles. The van der Waals surface area contributed by atoms with Crippen LogP contribution in [0.15, 0.2) is 18.2 Å². The van der Waals surface area contributed by atoms with E-state index in [0.29, 0.717) is 24.0 Å². The number of likely N-dealkylation sites (tertiary alicyclic amines) is 1. The fourth-order valence-electron chi connectivity index (χ4n) is 5.23. The van der Waals surface area contributed by atoms with Crippen LogP contribution in [0.3, 0.4) is 0 Å². The fraction of sp³-hybridized carbons (Fsp3) is 0.565. The summed E-state index contributed by atoms with van der Waals surface area (Å²) in [4.78, 5) is 51.9. The molecule has 1 aliphatic carbocycles. The first-order valence-corrected chi connectivity index (χ1v) is 11.9. The summed E-state index contributed by atoms with van der Waals surface area (Å²) in [6.45, 7) is 3.64. The number of fused-ring (bicyclic) bond motifs is 1. The molecule has 2 N–H and O–H groups in total. The lowest BCUT2D eigenvalue weighted by Crippen LogP contribution is -2.58. The van der Waals surface area contributed by atoms with E-state index >= 15 is 0 Å². The number of halogens is 4. The number of alkyl halides is 2. The molecule has 0 radical (unpaired) electrons. The van der Waals surface area contributed by atoms with E-state index in [0.717, 1.165) is 12.1 Å². The van der Waals surface area contributed by atoms with Crippen molar-refractivity contribution in [2.24, 2.45) is 23.2 Å². The van der Waals surface area contributed by atoms with E-state index in [-0.39, 0.29) is 42.0 Å². The number of ether oxygens (including phenoxy) is 1. The highest BCUT2D eigenvalue weighted by molar-refractivity contribution is 6.29. The minimum atomic E-state index is -2.44. The standard InChI is InChI=1S/C23H26ClF3N4O5/c1-23(2)15-9-30(16(32)10-36-14-6-12(25)5-13(26)7-14)18(17(15)23)21(34)29-31(22(35)19(24)27)8-11-3-4-28-20(11)33/h5-7,11,15,17-19H,3-4,8-10H2,1-2H3,(H,28,33)(H,29,34)/t11-,15-,17-,18-,19-/m0/s1. The summed E-state index contributed by atoms with van der Waals surface area (Å²) in [6.07, 6.45) is 0.390. The van der Waals surface area contributed by atoms with Crippen molar-refractivity contribution in [1.82, 2.24) is 20.7 Å². The Morgan fingerprint density at radius 3 is 2.53 bits per heavy atom. The Morgan fingerprint density at radius 1 is 1.28 bits per heavy atom. The topological polar surface area (TPSA) is 108 Å². The number of amides is 4. The third-order valence-electron chi connectivity index (χ3n) is 7.26. The predicted octanol–water partition coefficient (Wildman–Crippen LogP) is 1.36. The number of hydrazine groups is 1. The third-order valence-corrected chi connectivity index (χ3v) is 7.45. The molecule has 4 rings (SSSR count). The Hall–Kier alpha value is -3.02. The van der Waals surface area contributed by atoms with Crippen molar-refractivity contribution in [3.63, 3.8) is 0 Å². The number of nitrogens with zero attached hydrogens (tertiary/aromatic N) is 2. The van der Waals surface area contributed by atoms with Crippen molar-refractivity contribution in [2.45, 2.75) is 31.9 Å². The number of benzene rings is 1. The average Bonchev–Trinajstić information content (AvgIpc) is 3.15. The Labute approximate surface area is 210 Å². The Balaban J connectivity index is 1.48. The highest BCUT2D eigenvalue weighted by atomic mass is 35.5. The molecule has 3 fully saturated rings. The average molecular weight is 531 g/mol. The highest BCUT2D eigenvalue weighted by Crippen LogP contribution is 2.64. The van der Waals surface area contributed by atoms with Gasteiger partial charge in [-0.15, -0.1) is 0 Å². The molecule has 5 atom stereocenters. The minimum absolute atomic E-state index is 0.00414. The van der Waals surface area contributed by atoms with Gasteiger partial charge in [0, 0.05) is 31.3 Å². The van der Waals surface area contributed by atoms with Crippen LogP contribution in [0.1, 0.15) is 20.3 Å². The van der Waals surface area contributed by atoms with Crippen LogP contribution >= 0.6 is 11.6 Å². The van der Waals surface area contributed by atoms with Gasteiger partial charge in [0.25, 0.3) is 23.4 Å². The Morgan fingerprint density at radius 2 is 1.94 bits per heavy atom. The number of piperidine rings is 1. The Bertz CT molecular complexity index is 1070. The van der Waals surface area contributed by atoms with Crippen LogP contribution in [-0.2, 0) is 19.2 Å². The van der Waals surface area contributed by atoms with Gasteiger partial charge in [0.05, 0.1) is 12.5 Å². The van der Waals surface area contributed by atoms with Gasteiger partial charge in [-0.05, 0) is 23.7 Å². The zero-order valence-corrected chi connectivity index (χ0v) is 20.4. The van der Waals surface area contributed by atoms with Gasteiger partial charge in [0.2, 0.25) is 5.91 Å². The lowest BCUT2D eigenvalue weighted by molar-refractivity contribution is -0.149. The zero-order chi connectivity index (χ0) is 26.4. The molecular formula is C23H26ClF3N4O5. The van der Waals surface area contributed by atoms with E-state index in [1.54, 1.807) is 0 Å². The lowest BCUT2D eigenvalue weighted by Gasteiger charge is -2.32. The quantitative estimate of drug-likeness (QED) is 0.409. The molecule has 4 amide bonds. The maximum Gasteiger partial charge on any atom is 0.291 e. The second kappa shape index (κ2) is 9.79. The molecule has 2 heterocycles. The van der Waals surface area contributed by atoms with Gasteiger partial charge in [-0.3, -0.25) is 24.6 Å². The van der Waals surface area contributed by atoms with Crippen molar-refractivity contribution in [2.75, 3.05) is 26.2 Å². The smallest absolute Gasteiger partial charge is 0.291 e. The second-order valence-electron chi connectivity index (χ2n) is 9.84. The van der Waals surface area contributed by atoms with Crippen molar-refractivity contribution in [3.05, 3.63) is 29.8 Å². The molecule has 1 aromatic rings. The number of carbonyl (C=O) groups is 4. The second-order valence-corrected chi connectivity index (χ2v) is 10.2. The van der Waals surface area contributed by atoms with Crippen molar-refractivity contribution in [1.29, 1.82) is 0 Å². The predicted molar refractivity (Wildman–Crippen MR) is 120 cm³/mol. The van der Waals surface area contributed by atoms with Crippen LogP contribution in [-0.4, -0.2) is 71.5 Å². The number of nitrogens with one attached hydrogen (secondary N) is 2. The maximum atomic E-state index is 13.7. The van der Waals surface area contributed by atoms with Gasteiger partial charge in [-0.25, -0.2) is 18.2 Å². The molecule has 1 saturated carbocycles. The monoisotopic (exact) mass is 530 g/mol. The normalized spacial score (nSPS) is 26.6. The summed E-state index contributed by atoms with van der Waals surface area (Å²) < 4.78 is 45.7. The van der Waals surface area contributed by atoms with Gasteiger partial charge in [-0.2, -0.15) is 0 Å². The first-order chi connectivity index (χ1) is 16.9. The van der Waals surface area contributed by atoms with Crippen LogP contribution < -0.4 is 15.5 Å². The summed E-state index contributed by atoms with van der Waals surface area (Å²) in [7, 11) is 0. The number of rotatable bonds is 7. The van der Waals surface area contributed by atoms with Crippen LogP contribution in [0, 0.1) is 34.8 Å². The van der Waals surface area contributed by atoms with Crippen LogP contribution in [0.5, 0.6) is 5.75 Å². The van der Waals surface area contributed by atoms with E-state index < -0.39 is 53.6 Å². The third kappa shape index (κ3) is 5.09. The highest BCUT2D eigenvalue weighted by Gasteiger charge is 2.69. The van der Waals surface area contributed by atoms with E-state index in [1.807, 2.05) is 13.8 Å². The lowest BCUT2D eigenvalue weighted by atomic mass is 10.0. The number of hydrogen-bond acceptors (Lipinski definition) is 5. The number of hydrogen-bond donors (Lipinski definition) is 2. The minimum Gasteiger partial charge on any atom is -0.484 e. The molecule has 0 unspecified atom stereocenters. The SMILES string of the molecule is CC1(C)[C@@H]2[C@@H](C(=O)NN(C[C@@H]3CCNC3=O)C(=O)[C@H](F)Cl)N(C(=O)COc3cc(F)cc(F)c3)C[C@@H]21. The van der Waals surface area contributed by atoms with Gasteiger partial charge < -0.3 is 15.0 Å². The van der Waals surface area contributed by atoms with E-state index in [1.165, 1.54) is 4.90 Å². The first kappa shape index (κ1) is 26.1. The fourth-order valence-corrected chi connectivity index (χ4v) is 5.35. The Kier molecular flexibility index (Phi) is 7.09. The van der Waals surface area contributed by atoms with Crippen molar-refractivity contribution in [3.8, 4) is 5.75 Å². The van der Waals surface area contributed by atoms with Gasteiger partial charge >= 0.3 is 0 Å². The van der Waals surface area contributed by atoms with Gasteiger partial charge in [-0.1, -0.05) is 25.4 Å². The van der Waals surface area contributed by atoms with Gasteiger partial charge in [0.15, 0.2) is 6.61 Å². The number of carbonyl (C=O) groups excluding carboxylic acids is 4. The zero-order valence-electron chi connectivity index (χ0n) is 19.6. The molecule has 0 spiro atoms. The summed E-state index contributed by atoms with van der Waals surface area (Å²) >= 11 is 5.33. The summed E-state index contributed by atoms with van der Waals surface area (Å²) in [5.41, 5.74) is -0.344. The molecule has 1 aromatic carbocycles. The molecule has 9 nitrogen and oxygen atoms in total. The van der Waals surface area contributed by atoms with E-state index in [4.69, 9.17) is 16.3 Å². The van der Waals surface area contributed by atoms with Crippen molar-refractivity contribution < 1.29 is 37.1 Å². The van der Waals surface area contributed by atoms with Crippen LogP contribution in [0.4, 0.5) is 13.2 Å². The maximum absolute atomic E-state index is 13.7. The summed E-state index contributed by atoms with van der Waals surface area (Å²) in [5, 5.41) is 3.29. The first-order valence-electron chi connectivity index (χ1n) is 11.5. The van der Waals surface area contributed by atoms with Gasteiger partial charge in [0.1, 0.15) is 23.4 Å². The molecule has 196 valence electrons. The molecule has 2 aliphatic heterocycles. The van der Waals surface area contributed by atoms with E-state index in [9.17, 15) is 32.3 Å². The van der Waals surface area contributed by atoms with Crippen LogP contribution in [0.2, 0.25) is 0 Å².